The third kappa shape index (κ3) is 3.06. The molecule has 0 aliphatic rings. The van der Waals surface area contributed by atoms with Crippen LogP contribution in [0.5, 0.6) is 11.6 Å². The van der Waals surface area contributed by atoms with E-state index in [-0.39, 0.29) is 5.84 Å². The Bertz CT molecular complexity index is 666. The number of benzene rings is 1. The minimum absolute atomic E-state index is 0.0290. The molecule has 0 radical (unpaired) electrons. The van der Waals surface area contributed by atoms with Crippen molar-refractivity contribution in [3.8, 4) is 11.6 Å². The third-order valence-electron chi connectivity index (χ3n) is 2.89. The first-order valence-corrected chi connectivity index (χ1v) is 6.21. The minimum Gasteiger partial charge on any atom is -0.439 e. The van der Waals surface area contributed by atoms with Crippen LogP contribution in [0.15, 0.2) is 35.5 Å². The maximum absolute atomic E-state index is 8.74. The van der Waals surface area contributed by atoms with Crippen molar-refractivity contribution in [3.05, 3.63) is 52.7 Å². The fourth-order valence-electron chi connectivity index (χ4n) is 1.83. The number of amidine groups is 1. The van der Waals surface area contributed by atoms with Crippen molar-refractivity contribution in [2.24, 2.45) is 10.9 Å². The van der Waals surface area contributed by atoms with Crippen molar-refractivity contribution in [2.75, 3.05) is 0 Å². The van der Waals surface area contributed by atoms with E-state index < -0.39 is 0 Å². The number of nitrogens with zero attached hydrogens (tertiary/aromatic N) is 2. The molecule has 0 bridgehead atoms. The highest BCUT2D eigenvalue weighted by atomic mass is 16.5. The second kappa shape index (κ2) is 5.61. The molecular weight excluding hydrogens is 254 g/mol. The predicted octanol–water partition coefficient (Wildman–Crippen LogP) is 2.89. The molecule has 5 heteroatoms. The zero-order valence-corrected chi connectivity index (χ0v) is 11.7. The fourth-order valence-corrected chi connectivity index (χ4v) is 1.83. The average molecular weight is 271 g/mol. The van der Waals surface area contributed by atoms with Gasteiger partial charge >= 0.3 is 0 Å². The van der Waals surface area contributed by atoms with E-state index in [1.807, 2.05) is 39.0 Å². The Morgan fingerprint density at radius 2 is 1.95 bits per heavy atom. The second-order valence-electron chi connectivity index (χ2n) is 4.69. The molecular formula is C15H17N3O2. The summed E-state index contributed by atoms with van der Waals surface area (Å²) in [6.07, 6.45) is 0. The lowest BCUT2D eigenvalue weighted by atomic mass is 10.1. The van der Waals surface area contributed by atoms with E-state index in [9.17, 15) is 0 Å². The molecule has 0 unspecified atom stereocenters. The molecule has 1 aromatic carbocycles. The fraction of sp³-hybridized carbons (Fsp3) is 0.200. The summed E-state index contributed by atoms with van der Waals surface area (Å²) in [4.78, 5) is 4.30. The molecule has 0 aliphatic carbocycles. The van der Waals surface area contributed by atoms with Gasteiger partial charge in [-0.2, -0.15) is 0 Å². The van der Waals surface area contributed by atoms with Crippen LogP contribution in [0.2, 0.25) is 0 Å². The van der Waals surface area contributed by atoms with E-state index in [2.05, 4.69) is 10.1 Å². The molecule has 0 saturated heterocycles. The predicted molar refractivity (Wildman–Crippen MR) is 77.5 cm³/mol. The van der Waals surface area contributed by atoms with Crippen LogP contribution in [0.4, 0.5) is 0 Å². The Hall–Kier alpha value is -2.56. The summed E-state index contributed by atoms with van der Waals surface area (Å²) < 4.78 is 5.80. The molecule has 1 aromatic heterocycles. The summed E-state index contributed by atoms with van der Waals surface area (Å²) in [6.45, 7) is 5.79. The highest BCUT2D eigenvalue weighted by Gasteiger charge is 2.08. The van der Waals surface area contributed by atoms with Crippen LogP contribution in [-0.2, 0) is 0 Å². The maximum Gasteiger partial charge on any atom is 0.220 e. The molecule has 0 aliphatic heterocycles. The number of hydrogen-bond donors (Lipinski definition) is 2. The van der Waals surface area contributed by atoms with Gasteiger partial charge in [0.1, 0.15) is 5.75 Å². The highest BCUT2D eigenvalue weighted by molar-refractivity contribution is 5.97. The van der Waals surface area contributed by atoms with Crippen molar-refractivity contribution >= 4 is 5.84 Å². The van der Waals surface area contributed by atoms with Gasteiger partial charge in [-0.15, -0.1) is 0 Å². The van der Waals surface area contributed by atoms with Gasteiger partial charge in [-0.3, -0.25) is 0 Å². The van der Waals surface area contributed by atoms with Crippen LogP contribution < -0.4 is 10.5 Å². The molecule has 0 amide bonds. The molecule has 104 valence electrons. The lowest BCUT2D eigenvalue weighted by Gasteiger charge is -2.10. The van der Waals surface area contributed by atoms with Crippen molar-refractivity contribution in [1.29, 1.82) is 0 Å². The van der Waals surface area contributed by atoms with Gasteiger partial charge in [-0.05, 0) is 44.0 Å². The van der Waals surface area contributed by atoms with Gasteiger partial charge in [0.15, 0.2) is 5.84 Å². The topological polar surface area (TPSA) is 80.7 Å². The molecule has 0 atom stereocenters. The van der Waals surface area contributed by atoms with Crippen LogP contribution >= 0.6 is 0 Å². The zero-order chi connectivity index (χ0) is 14.7. The number of nitrogens with two attached hydrogens (primary N) is 1. The number of aromatic nitrogens is 1. The molecule has 0 fully saturated rings. The Balaban J connectivity index is 2.38. The number of hydrogen-bond acceptors (Lipinski definition) is 4. The van der Waals surface area contributed by atoms with Gasteiger partial charge in [0.05, 0.1) is 0 Å². The number of aryl methyl sites for hydroxylation is 3. The molecule has 2 rings (SSSR count). The van der Waals surface area contributed by atoms with E-state index in [0.717, 1.165) is 22.6 Å². The first-order valence-electron chi connectivity index (χ1n) is 6.21. The minimum atomic E-state index is 0.0290. The van der Waals surface area contributed by atoms with Gasteiger partial charge in [0, 0.05) is 17.3 Å². The lowest BCUT2D eigenvalue weighted by Crippen LogP contribution is -2.13. The standard InChI is InChI=1S/C15H17N3O2/c1-9-4-5-10(2)13(6-9)20-14-8-12(15(16)18-19)7-11(3)17-14/h4-8,19H,1-3H3,(H2,16,18). The highest BCUT2D eigenvalue weighted by Crippen LogP contribution is 2.25. The summed E-state index contributed by atoms with van der Waals surface area (Å²) in [5, 5.41) is 11.7. The third-order valence-corrected chi connectivity index (χ3v) is 2.89. The molecule has 1 heterocycles. The van der Waals surface area contributed by atoms with Crippen molar-refractivity contribution in [3.63, 3.8) is 0 Å². The molecule has 2 aromatic rings. The van der Waals surface area contributed by atoms with Gasteiger partial charge in [-0.1, -0.05) is 17.3 Å². The Kier molecular flexibility index (Phi) is 3.89. The summed E-state index contributed by atoms with van der Waals surface area (Å²) in [5.74, 6) is 1.19. The molecule has 0 spiro atoms. The second-order valence-corrected chi connectivity index (χ2v) is 4.69. The van der Waals surface area contributed by atoms with Crippen molar-refractivity contribution in [1.82, 2.24) is 4.98 Å². The van der Waals surface area contributed by atoms with Gasteiger partial charge < -0.3 is 15.7 Å². The van der Waals surface area contributed by atoms with E-state index in [4.69, 9.17) is 15.7 Å². The van der Waals surface area contributed by atoms with Crippen molar-refractivity contribution in [2.45, 2.75) is 20.8 Å². The molecule has 20 heavy (non-hydrogen) atoms. The van der Waals surface area contributed by atoms with Crippen LogP contribution in [-0.4, -0.2) is 16.0 Å². The number of pyridine rings is 1. The van der Waals surface area contributed by atoms with Crippen LogP contribution in [0.25, 0.3) is 0 Å². The monoisotopic (exact) mass is 271 g/mol. The van der Waals surface area contributed by atoms with Gasteiger partial charge in [0.2, 0.25) is 5.88 Å². The summed E-state index contributed by atoms with van der Waals surface area (Å²) in [6, 6.07) is 9.33. The summed E-state index contributed by atoms with van der Waals surface area (Å²) in [5.41, 5.74) is 9.02. The Morgan fingerprint density at radius 1 is 1.20 bits per heavy atom. The smallest absolute Gasteiger partial charge is 0.220 e. The largest absolute Gasteiger partial charge is 0.439 e. The van der Waals surface area contributed by atoms with E-state index in [0.29, 0.717) is 11.4 Å². The summed E-state index contributed by atoms with van der Waals surface area (Å²) in [7, 11) is 0. The molecule has 0 saturated carbocycles. The van der Waals surface area contributed by atoms with Crippen LogP contribution in [0, 0.1) is 20.8 Å². The number of rotatable bonds is 3. The molecule has 5 nitrogen and oxygen atoms in total. The van der Waals surface area contributed by atoms with E-state index in [1.54, 1.807) is 12.1 Å². The van der Waals surface area contributed by atoms with E-state index >= 15 is 0 Å². The lowest BCUT2D eigenvalue weighted by molar-refractivity contribution is 0.318. The Morgan fingerprint density at radius 3 is 2.65 bits per heavy atom. The quantitative estimate of drug-likeness (QED) is 0.389. The Labute approximate surface area is 117 Å². The number of oxime groups is 1. The van der Waals surface area contributed by atoms with Crippen LogP contribution in [0.1, 0.15) is 22.4 Å². The zero-order valence-electron chi connectivity index (χ0n) is 11.7. The first kappa shape index (κ1) is 13.9. The number of ether oxygens (including phenoxy) is 1. The van der Waals surface area contributed by atoms with Crippen LogP contribution in [0.3, 0.4) is 0 Å². The van der Waals surface area contributed by atoms with Gasteiger partial charge in [0.25, 0.3) is 0 Å². The van der Waals surface area contributed by atoms with Crippen molar-refractivity contribution < 1.29 is 9.94 Å². The van der Waals surface area contributed by atoms with E-state index in [1.165, 1.54) is 0 Å². The maximum atomic E-state index is 8.74. The normalized spacial score (nSPS) is 11.4. The summed E-state index contributed by atoms with van der Waals surface area (Å²) >= 11 is 0. The average Bonchev–Trinajstić information content (AvgIpc) is 2.41. The molecule has 3 N–H and O–H groups in total. The van der Waals surface area contributed by atoms with Gasteiger partial charge in [-0.25, -0.2) is 4.98 Å². The first-order chi connectivity index (χ1) is 9.49. The SMILES string of the molecule is Cc1ccc(C)c(Oc2cc(/C(N)=N/O)cc(C)n2)c1.